The van der Waals surface area contributed by atoms with Gasteiger partial charge in [0.05, 0.1) is 0 Å². The van der Waals surface area contributed by atoms with E-state index in [1.807, 2.05) is 30.3 Å². The van der Waals surface area contributed by atoms with Gasteiger partial charge < -0.3 is 10.3 Å². The molecule has 0 aliphatic carbocycles. The molecule has 0 fully saturated rings. The standard InChI is InChI=1S/C14H20N4O2S/c1-11-16-14(10-18(11)2)21(19,20)17-13(9-15)8-12-6-4-3-5-7-12/h3-7,10,13,17H,8-9,15H2,1-2H3. The molecule has 1 aromatic heterocycles. The summed E-state index contributed by atoms with van der Waals surface area (Å²) < 4.78 is 28.9. The van der Waals surface area contributed by atoms with Crippen molar-refractivity contribution in [3.63, 3.8) is 0 Å². The van der Waals surface area contributed by atoms with Gasteiger partial charge in [0.15, 0.2) is 5.03 Å². The van der Waals surface area contributed by atoms with Crippen molar-refractivity contribution in [1.82, 2.24) is 14.3 Å². The van der Waals surface area contributed by atoms with E-state index in [1.165, 1.54) is 6.20 Å². The Morgan fingerprint density at radius 3 is 2.52 bits per heavy atom. The molecule has 2 rings (SSSR count). The lowest BCUT2D eigenvalue weighted by molar-refractivity contribution is 0.545. The number of nitrogens with two attached hydrogens (primary N) is 1. The first-order valence-corrected chi connectivity index (χ1v) is 8.17. The van der Waals surface area contributed by atoms with Crippen molar-refractivity contribution < 1.29 is 8.42 Å². The fourth-order valence-corrected chi connectivity index (χ4v) is 3.30. The number of imidazole rings is 1. The summed E-state index contributed by atoms with van der Waals surface area (Å²) in [5.41, 5.74) is 6.72. The van der Waals surface area contributed by atoms with Gasteiger partial charge in [-0.1, -0.05) is 30.3 Å². The number of hydrogen-bond donors (Lipinski definition) is 2. The molecule has 1 unspecified atom stereocenters. The molecule has 0 saturated carbocycles. The summed E-state index contributed by atoms with van der Waals surface area (Å²) in [5, 5.41) is 0.0222. The number of nitrogens with one attached hydrogen (secondary N) is 1. The summed E-state index contributed by atoms with van der Waals surface area (Å²) >= 11 is 0. The van der Waals surface area contributed by atoms with Crippen LogP contribution in [-0.2, 0) is 23.5 Å². The van der Waals surface area contributed by atoms with Gasteiger partial charge in [0, 0.05) is 25.8 Å². The van der Waals surface area contributed by atoms with Gasteiger partial charge in [0.2, 0.25) is 0 Å². The van der Waals surface area contributed by atoms with E-state index in [4.69, 9.17) is 5.73 Å². The third-order valence-corrected chi connectivity index (χ3v) is 4.68. The van der Waals surface area contributed by atoms with Crippen LogP contribution >= 0.6 is 0 Å². The molecule has 0 aliphatic heterocycles. The quantitative estimate of drug-likeness (QED) is 0.816. The summed E-state index contributed by atoms with van der Waals surface area (Å²) in [5.74, 6) is 0.641. The first kappa shape index (κ1) is 15.7. The molecule has 0 aliphatic rings. The highest BCUT2D eigenvalue weighted by Crippen LogP contribution is 2.10. The molecule has 0 saturated heterocycles. The number of aryl methyl sites for hydroxylation is 2. The Kier molecular flexibility index (Phi) is 4.76. The van der Waals surface area contributed by atoms with Crippen molar-refractivity contribution in [2.45, 2.75) is 24.4 Å². The second-order valence-corrected chi connectivity index (χ2v) is 6.64. The Bertz CT molecular complexity index is 676. The lowest BCUT2D eigenvalue weighted by Gasteiger charge is -2.16. The highest BCUT2D eigenvalue weighted by molar-refractivity contribution is 7.89. The minimum absolute atomic E-state index is 0.0222. The Morgan fingerprint density at radius 1 is 1.33 bits per heavy atom. The monoisotopic (exact) mass is 308 g/mol. The van der Waals surface area contributed by atoms with Crippen LogP contribution in [0.3, 0.4) is 0 Å². The van der Waals surface area contributed by atoms with Gasteiger partial charge in [-0.25, -0.2) is 18.1 Å². The molecule has 1 atom stereocenters. The van der Waals surface area contributed by atoms with Crippen molar-refractivity contribution in [1.29, 1.82) is 0 Å². The number of benzene rings is 1. The first-order chi connectivity index (χ1) is 9.92. The average Bonchev–Trinajstić information content (AvgIpc) is 2.80. The number of hydrogen-bond acceptors (Lipinski definition) is 4. The van der Waals surface area contributed by atoms with Gasteiger partial charge in [0.25, 0.3) is 10.0 Å². The first-order valence-electron chi connectivity index (χ1n) is 6.68. The van der Waals surface area contributed by atoms with Crippen LogP contribution in [0.1, 0.15) is 11.4 Å². The predicted octanol–water partition coefficient (Wildman–Crippen LogP) is 0.577. The molecule has 2 aromatic rings. The van der Waals surface area contributed by atoms with E-state index in [9.17, 15) is 8.42 Å². The van der Waals surface area contributed by atoms with E-state index in [0.717, 1.165) is 5.56 Å². The van der Waals surface area contributed by atoms with Crippen molar-refractivity contribution in [2.75, 3.05) is 6.54 Å². The zero-order valence-corrected chi connectivity index (χ0v) is 13.0. The van der Waals surface area contributed by atoms with Gasteiger partial charge in [0.1, 0.15) is 5.82 Å². The molecule has 0 amide bonds. The maximum absolute atomic E-state index is 12.3. The average molecular weight is 308 g/mol. The SMILES string of the molecule is Cc1nc(S(=O)(=O)NC(CN)Cc2ccccc2)cn1C. The normalized spacial score (nSPS) is 13.3. The van der Waals surface area contributed by atoms with Crippen molar-refractivity contribution in [3.8, 4) is 0 Å². The van der Waals surface area contributed by atoms with E-state index in [-0.39, 0.29) is 17.6 Å². The Hall–Kier alpha value is -1.70. The molecule has 3 N–H and O–H groups in total. The Labute approximate surface area is 125 Å². The summed E-state index contributed by atoms with van der Waals surface area (Å²) in [6.45, 7) is 1.98. The second-order valence-electron chi connectivity index (χ2n) is 4.98. The summed E-state index contributed by atoms with van der Waals surface area (Å²) in [6.07, 6.45) is 2.04. The van der Waals surface area contributed by atoms with Gasteiger partial charge in [-0.05, 0) is 18.9 Å². The van der Waals surface area contributed by atoms with E-state index in [2.05, 4.69) is 9.71 Å². The molecule has 0 radical (unpaired) electrons. The highest BCUT2D eigenvalue weighted by Gasteiger charge is 2.22. The van der Waals surface area contributed by atoms with Crippen LogP contribution in [0.5, 0.6) is 0 Å². The largest absolute Gasteiger partial charge is 0.337 e. The molecule has 1 aromatic carbocycles. The van der Waals surface area contributed by atoms with Crippen LogP contribution in [0.15, 0.2) is 41.6 Å². The van der Waals surface area contributed by atoms with E-state index >= 15 is 0 Å². The smallest absolute Gasteiger partial charge is 0.259 e. The molecule has 0 bridgehead atoms. The van der Waals surface area contributed by atoms with E-state index < -0.39 is 10.0 Å². The zero-order valence-electron chi connectivity index (χ0n) is 12.2. The number of aromatic nitrogens is 2. The maximum atomic E-state index is 12.3. The predicted molar refractivity (Wildman–Crippen MR) is 81.3 cm³/mol. The third-order valence-electron chi connectivity index (χ3n) is 3.29. The maximum Gasteiger partial charge on any atom is 0.259 e. The lowest BCUT2D eigenvalue weighted by atomic mass is 10.1. The van der Waals surface area contributed by atoms with Gasteiger partial charge in [-0.15, -0.1) is 0 Å². The van der Waals surface area contributed by atoms with Crippen LogP contribution in [0.2, 0.25) is 0 Å². The Morgan fingerprint density at radius 2 is 2.00 bits per heavy atom. The minimum Gasteiger partial charge on any atom is -0.337 e. The summed E-state index contributed by atoms with van der Waals surface area (Å²) in [4.78, 5) is 4.05. The molecule has 1 heterocycles. The lowest BCUT2D eigenvalue weighted by Crippen LogP contribution is -2.41. The summed E-state index contributed by atoms with van der Waals surface area (Å²) in [6, 6.07) is 9.28. The van der Waals surface area contributed by atoms with Gasteiger partial charge in [-0.2, -0.15) is 0 Å². The van der Waals surface area contributed by atoms with Crippen LogP contribution in [0.4, 0.5) is 0 Å². The fraction of sp³-hybridized carbons (Fsp3) is 0.357. The molecule has 6 nitrogen and oxygen atoms in total. The number of nitrogens with zero attached hydrogens (tertiary/aromatic N) is 2. The van der Waals surface area contributed by atoms with Gasteiger partial charge >= 0.3 is 0 Å². The zero-order chi connectivity index (χ0) is 15.5. The third kappa shape index (κ3) is 3.90. The highest BCUT2D eigenvalue weighted by atomic mass is 32.2. The van der Waals surface area contributed by atoms with Crippen molar-refractivity contribution in [3.05, 3.63) is 47.9 Å². The van der Waals surface area contributed by atoms with Gasteiger partial charge in [-0.3, -0.25) is 0 Å². The minimum atomic E-state index is -3.66. The fourth-order valence-electron chi connectivity index (χ4n) is 2.01. The van der Waals surface area contributed by atoms with Crippen LogP contribution in [0, 0.1) is 6.92 Å². The molecular formula is C14H20N4O2S. The van der Waals surface area contributed by atoms with Crippen molar-refractivity contribution in [2.24, 2.45) is 12.8 Å². The summed E-state index contributed by atoms with van der Waals surface area (Å²) in [7, 11) is -1.90. The van der Waals surface area contributed by atoms with E-state index in [1.54, 1.807) is 18.5 Å². The van der Waals surface area contributed by atoms with Crippen LogP contribution < -0.4 is 10.5 Å². The molecule has 7 heteroatoms. The van der Waals surface area contributed by atoms with Crippen LogP contribution in [-0.4, -0.2) is 30.6 Å². The number of rotatable bonds is 6. The number of sulfonamides is 1. The molecule has 0 spiro atoms. The topological polar surface area (TPSA) is 90.0 Å². The molecule has 114 valence electrons. The second kappa shape index (κ2) is 6.38. The molecular weight excluding hydrogens is 288 g/mol. The Balaban J connectivity index is 2.14. The molecule has 21 heavy (non-hydrogen) atoms. The van der Waals surface area contributed by atoms with E-state index in [0.29, 0.717) is 12.2 Å². The van der Waals surface area contributed by atoms with Crippen LogP contribution in [0.25, 0.3) is 0 Å². The van der Waals surface area contributed by atoms with Crippen molar-refractivity contribution >= 4 is 10.0 Å².